The smallest absolute Gasteiger partial charge is 0.229 e. The Morgan fingerprint density at radius 3 is 2.50 bits per heavy atom. The van der Waals surface area contributed by atoms with E-state index >= 15 is 0 Å². The van der Waals surface area contributed by atoms with E-state index in [0.29, 0.717) is 22.9 Å². The first-order chi connectivity index (χ1) is 16.3. The molecule has 0 unspecified atom stereocenters. The monoisotopic (exact) mass is 456 g/mol. The molecule has 1 aliphatic heterocycles. The third kappa shape index (κ3) is 5.50. The molecular formula is C26H28N6O2. The lowest BCUT2D eigenvalue weighted by Gasteiger charge is -2.28. The topological polar surface area (TPSA) is 103 Å². The lowest BCUT2D eigenvalue weighted by Crippen LogP contribution is -2.36. The molecule has 1 aromatic heterocycles. The number of morpholine rings is 1. The zero-order valence-corrected chi connectivity index (χ0v) is 19.6. The average molecular weight is 457 g/mol. The van der Waals surface area contributed by atoms with E-state index in [9.17, 15) is 10.1 Å². The average Bonchev–Trinajstić information content (AvgIpc) is 2.85. The summed E-state index contributed by atoms with van der Waals surface area (Å²) in [6, 6.07) is 17.4. The van der Waals surface area contributed by atoms with Crippen LogP contribution in [0.15, 0.2) is 54.7 Å². The van der Waals surface area contributed by atoms with Gasteiger partial charge < -0.3 is 20.3 Å². The molecule has 0 spiro atoms. The van der Waals surface area contributed by atoms with Gasteiger partial charge in [0.25, 0.3) is 0 Å². The van der Waals surface area contributed by atoms with Crippen LogP contribution in [0.4, 0.5) is 23.0 Å². The van der Waals surface area contributed by atoms with E-state index in [1.165, 1.54) is 0 Å². The van der Waals surface area contributed by atoms with Gasteiger partial charge in [-0.2, -0.15) is 5.26 Å². The van der Waals surface area contributed by atoms with E-state index < -0.39 is 5.41 Å². The largest absolute Gasteiger partial charge is 0.378 e. The Hall–Kier alpha value is -3.96. The van der Waals surface area contributed by atoms with Crippen LogP contribution < -0.4 is 15.5 Å². The van der Waals surface area contributed by atoms with Crippen molar-refractivity contribution in [1.29, 1.82) is 5.26 Å². The molecular weight excluding hydrogens is 428 g/mol. The molecule has 1 saturated heterocycles. The lowest BCUT2D eigenvalue weighted by molar-refractivity contribution is -0.123. The minimum Gasteiger partial charge on any atom is -0.378 e. The molecule has 2 heterocycles. The summed E-state index contributed by atoms with van der Waals surface area (Å²) < 4.78 is 5.42. The Balaban J connectivity index is 1.50. The Morgan fingerprint density at radius 2 is 1.82 bits per heavy atom. The summed E-state index contributed by atoms with van der Waals surface area (Å²) in [5, 5.41) is 15.7. The second-order valence-corrected chi connectivity index (χ2v) is 9.11. The highest BCUT2D eigenvalue weighted by Crippen LogP contribution is 2.27. The fourth-order valence-electron chi connectivity index (χ4n) is 3.50. The zero-order valence-electron chi connectivity index (χ0n) is 19.6. The number of ether oxygens (including phenoxy) is 1. The molecule has 2 aromatic carbocycles. The number of rotatable bonds is 5. The van der Waals surface area contributed by atoms with E-state index in [0.717, 1.165) is 43.2 Å². The van der Waals surface area contributed by atoms with Crippen molar-refractivity contribution in [3.8, 4) is 17.3 Å². The highest BCUT2D eigenvalue weighted by atomic mass is 16.5. The van der Waals surface area contributed by atoms with Gasteiger partial charge in [-0.25, -0.2) is 9.97 Å². The third-order valence-electron chi connectivity index (χ3n) is 5.52. The number of nitriles is 1. The summed E-state index contributed by atoms with van der Waals surface area (Å²) in [6.45, 7) is 8.76. The molecule has 0 atom stereocenters. The Morgan fingerprint density at radius 1 is 1.09 bits per heavy atom. The number of carbonyl (C=O) groups excluding carboxylic acids is 1. The molecule has 0 radical (unpaired) electrons. The van der Waals surface area contributed by atoms with Crippen LogP contribution in [0.3, 0.4) is 0 Å². The number of aromatic nitrogens is 2. The molecule has 4 rings (SSSR count). The molecule has 8 heteroatoms. The summed E-state index contributed by atoms with van der Waals surface area (Å²) in [6.07, 6.45) is 1.67. The van der Waals surface area contributed by atoms with Crippen LogP contribution in [0.1, 0.15) is 26.3 Å². The number of amides is 1. The number of nitrogens with zero attached hydrogens (tertiary/aromatic N) is 4. The summed E-state index contributed by atoms with van der Waals surface area (Å²) in [5.74, 6) is 0.310. The van der Waals surface area contributed by atoms with Crippen LogP contribution >= 0.6 is 0 Å². The van der Waals surface area contributed by atoms with E-state index in [2.05, 4.69) is 43.7 Å². The van der Waals surface area contributed by atoms with E-state index in [4.69, 9.17) is 4.74 Å². The Kier molecular flexibility index (Phi) is 6.75. The van der Waals surface area contributed by atoms with Crippen molar-refractivity contribution in [3.05, 3.63) is 60.3 Å². The van der Waals surface area contributed by atoms with E-state index in [-0.39, 0.29) is 5.91 Å². The van der Waals surface area contributed by atoms with Crippen molar-refractivity contribution in [3.63, 3.8) is 0 Å². The summed E-state index contributed by atoms with van der Waals surface area (Å²) in [7, 11) is 0. The number of benzene rings is 2. The van der Waals surface area contributed by atoms with Crippen molar-refractivity contribution >= 4 is 28.9 Å². The predicted molar refractivity (Wildman–Crippen MR) is 133 cm³/mol. The quantitative estimate of drug-likeness (QED) is 0.579. The molecule has 0 aliphatic carbocycles. The Labute approximate surface area is 199 Å². The Bertz CT molecular complexity index is 1210. The van der Waals surface area contributed by atoms with Gasteiger partial charge in [-0.15, -0.1) is 0 Å². The van der Waals surface area contributed by atoms with Gasteiger partial charge in [0, 0.05) is 41.6 Å². The van der Waals surface area contributed by atoms with Gasteiger partial charge in [-0.05, 0) is 42.5 Å². The van der Waals surface area contributed by atoms with Gasteiger partial charge in [0.2, 0.25) is 11.9 Å². The number of hydrogen-bond donors (Lipinski definition) is 2. The van der Waals surface area contributed by atoms with Crippen LogP contribution in [-0.4, -0.2) is 42.2 Å². The van der Waals surface area contributed by atoms with E-state index in [1.807, 2.05) is 39.0 Å². The van der Waals surface area contributed by atoms with Crippen LogP contribution in [0, 0.1) is 16.7 Å². The SMILES string of the molecule is CC(C)(C)C(=O)Nc1ccc(-c2ccnc(Nc3ccc(N4CCOCC4)cc3)n2)cc1C#N. The summed E-state index contributed by atoms with van der Waals surface area (Å²) >= 11 is 0. The first kappa shape index (κ1) is 23.2. The summed E-state index contributed by atoms with van der Waals surface area (Å²) in [4.78, 5) is 23.6. The number of hydrogen-bond acceptors (Lipinski definition) is 7. The maximum Gasteiger partial charge on any atom is 0.229 e. The second-order valence-electron chi connectivity index (χ2n) is 9.11. The van der Waals surface area contributed by atoms with Gasteiger partial charge in [0.05, 0.1) is 30.2 Å². The van der Waals surface area contributed by atoms with Gasteiger partial charge in [0.15, 0.2) is 0 Å². The van der Waals surface area contributed by atoms with Crippen molar-refractivity contribution < 1.29 is 9.53 Å². The molecule has 3 aromatic rings. The first-order valence-electron chi connectivity index (χ1n) is 11.2. The van der Waals surface area contributed by atoms with Gasteiger partial charge in [-0.1, -0.05) is 26.8 Å². The fraction of sp³-hybridized carbons (Fsp3) is 0.308. The third-order valence-corrected chi connectivity index (χ3v) is 5.52. The summed E-state index contributed by atoms with van der Waals surface area (Å²) in [5.41, 5.74) is 3.78. The fourth-order valence-corrected chi connectivity index (χ4v) is 3.50. The molecule has 34 heavy (non-hydrogen) atoms. The van der Waals surface area contributed by atoms with Crippen LogP contribution in [0.5, 0.6) is 0 Å². The van der Waals surface area contributed by atoms with Crippen molar-refractivity contribution in [2.24, 2.45) is 5.41 Å². The minimum absolute atomic E-state index is 0.148. The maximum atomic E-state index is 12.3. The highest BCUT2D eigenvalue weighted by Gasteiger charge is 2.22. The van der Waals surface area contributed by atoms with Crippen LogP contribution in [0.25, 0.3) is 11.3 Å². The standard InChI is InChI=1S/C26H28N6O2/c1-26(2,3)24(33)30-22-9-4-18(16-19(22)17-27)23-10-11-28-25(31-23)29-20-5-7-21(8-6-20)32-12-14-34-15-13-32/h4-11,16H,12-15H2,1-3H3,(H,30,33)(H,28,29,31). The normalized spacial score (nSPS) is 13.8. The number of anilines is 4. The molecule has 174 valence electrons. The number of nitrogens with one attached hydrogen (secondary N) is 2. The van der Waals surface area contributed by atoms with Crippen molar-refractivity contribution in [2.45, 2.75) is 20.8 Å². The first-order valence-corrected chi connectivity index (χ1v) is 11.2. The maximum absolute atomic E-state index is 12.3. The zero-order chi connectivity index (χ0) is 24.1. The van der Waals surface area contributed by atoms with Crippen LogP contribution in [-0.2, 0) is 9.53 Å². The predicted octanol–water partition coefficient (Wildman–Crippen LogP) is 4.58. The second kappa shape index (κ2) is 9.89. The lowest BCUT2D eigenvalue weighted by atomic mass is 9.95. The molecule has 0 bridgehead atoms. The minimum atomic E-state index is -0.557. The molecule has 1 amide bonds. The van der Waals surface area contributed by atoms with Gasteiger partial charge >= 0.3 is 0 Å². The molecule has 8 nitrogen and oxygen atoms in total. The molecule has 1 fully saturated rings. The molecule has 2 N–H and O–H groups in total. The highest BCUT2D eigenvalue weighted by molar-refractivity contribution is 5.96. The van der Waals surface area contributed by atoms with Crippen molar-refractivity contribution in [1.82, 2.24) is 9.97 Å². The molecule has 1 aliphatic rings. The van der Waals surface area contributed by atoms with Crippen LogP contribution in [0.2, 0.25) is 0 Å². The molecule has 0 saturated carbocycles. The van der Waals surface area contributed by atoms with Gasteiger partial charge in [0.1, 0.15) is 6.07 Å². The van der Waals surface area contributed by atoms with Gasteiger partial charge in [-0.3, -0.25) is 4.79 Å². The number of carbonyl (C=O) groups is 1. The van der Waals surface area contributed by atoms with Crippen molar-refractivity contribution in [2.75, 3.05) is 41.8 Å². The van der Waals surface area contributed by atoms with E-state index in [1.54, 1.807) is 24.4 Å².